The minimum atomic E-state index is -0.472. The molecule has 0 aliphatic heterocycles. The Hall–Kier alpha value is -3.04. The molecule has 0 aliphatic carbocycles. The van der Waals surface area contributed by atoms with Gasteiger partial charge in [0, 0.05) is 25.8 Å². The van der Waals surface area contributed by atoms with Crippen molar-refractivity contribution in [3.05, 3.63) is 62.9 Å². The maximum absolute atomic E-state index is 12.5. The van der Waals surface area contributed by atoms with Crippen molar-refractivity contribution in [2.75, 3.05) is 20.8 Å². The molecule has 1 aromatic heterocycles. The summed E-state index contributed by atoms with van der Waals surface area (Å²) in [7, 11) is 3.22. The first-order chi connectivity index (χ1) is 13.5. The van der Waals surface area contributed by atoms with E-state index in [0.717, 1.165) is 16.0 Å². The maximum Gasteiger partial charge on any atom is 0.269 e. The summed E-state index contributed by atoms with van der Waals surface area (Å²) in [5, 5.41) is 10.7. The molecule has 0 unspecified atom stereocenters. The van der Waals surface area contributed by atoms with E-state index in [-0.39, 0.29) is 18.0 Å². The number of carbonyl (C=O) groups is 1. The molecule has 0 saturated heterocycles. The quantitative estimate of drug-likeness (QED) is 0.448. The van der Waals surface area contributed by atoms with Crippen LogP contribution in [0, 0.1) is 10.1 Å². The highest BCUT2D eigenvalue weighted by molar-refractivity contribution is 7.16. The van der Waals surface area contributed by atoms with E-state index in [9.17, 15) is 14.9 Å². The zero-order valence-corrected chi connectivity index (χ0v) is 16.3. The van der Waals surface area contributed by atoms with Crippen LogP contribution in [0.2, 0.25) is 0 Å². The lowest BCUT2D eigenvalue weighted by Crippen LogP contribution is -2.19. The van der Waals surface area contributed by atoms with Crippen LogP contribution < -0.4 is 9.54 Å². The molecule has 146 valence electrons. The monoisotopic (exact) mass is 401 g/mol. The van der Waals surface area contributed by atoms with E-state index >= 15 is 0 Å². The van der Waals surface area contributed by atoms with Gasteiger partial charge in [0.15, 0.2) is 4.80 Å². The average molecular weight is 401 g/mol. The normalized spacial score (nSPS) is 11.7. The molecule has 9 heteroatoms. The van der Waals surface area contributed by atoms with Gasteiger partial charge in [0.1, 0.15) is 5.75 Å². The first-order valence-electron chi connectivity index (χ1n) is 8.49. The number of nitro groups is 1. The van der Waals surface area contributed by atoms with Gasteiger partial charge in [0.2, 0.25) is 0 Å². The standard InChI is InChI=1S/C19H19N3O5S/c1-26-10-9-21-16-8-7-15(27-2)12-17(16)28-19(21)20-18(23)11-13-3-5-14(6-4-13)22(24)25/h3-8,12H,9-11H2,1-2H3. The van der Waals surface area contributed by atoms with Gasteiger partial charge < -0.3 is 14.0 Å². The van der Waals surface area contributed by atoms with E-state index in [4.69, 9.17) is 9.47 Å². The second-order valence-electron chi connectivity index (χ2n) is 5.97. The van der Waals surface area contributed by atoms with E-state index in [0.29, 0.717) is 23.5 Å². The van der Waals surface area contributed by atoms with Gasteiger partial charge in [-0.1, -0.05) is 23.5 Å². The number of ether oxygens (including phenoxy) is 2. The summed E-state index contributed by atoms with van der Waals surface area (Å²) in [5.74, 6) is 0.412. The number of nitrogens with zero attached hydrogens (tertiary/aromatic N) is 3. The molecule has 0 saturated carbocycles. The molecule has 0 atom stereocenters. The molecule has 0 fully saturated rings. The van der Waals surface area contributed by atoms with Gasteiger partial charge in [-0.15, -0.1) is 0 Å². The van der Waals surface area contributed by atoms with Gasteiger partial charge in [-0.05, 0) is 23.8 Å². The SMILES string of the molecule is COCCn1c(=NC(=O)Cc2ccc([N+](=O)[O-])cc2)sc2cc(OC)ccc21. The molecule has 0 radical (unpaired) electrons. The number of methoxy groups -OCH3 is 2. The number of hydrogen-bond acceptors (Lipinski definition) is 6. The maximum atomic E-state index is 12.5. The van der Waals surface area contributed by atoms with E-state index < -0.39 is 4.92 Å². The van der Waals surface area contributed by atoms with Crippen LogP contribution in [0.5, 0.6) is 5.75 Å². The highest BCUT2D eigenvalue weighted by atomic mass is 32.1. The Morgan fingerprint density at radius 2 is 1.96 bits per heavy atom. The summed E-state index contributed by atoms with van der Waals surface area (Å²) in [6, 6.07) is 11.6. The number of carbonyl (C=O) groups excluding carboxylic acids is 1. The van der Waals surface area contributed by atoms with E-state index in [2.05, 4.69) is 4.99 Å². The van der Waals surface area contributed by atoms with Crippen molar-refractivity contribution in [2.24, 2.45) is 4.99 Å². The van der Waals surface area contributed by atoms with Crippen LogP contribution in [0.15, 0.2) is 47.5 Å². The zero-order valence-electron chi connectivity index (χ0n) is 15.5. The third-order valence-corrected chi connectivity index (χ3v) is 5.17. The lowest BCUT2D eigenvalue weighted by Gasteiger charge is -2.05. The topological polar surface area (TPSA) is 96.0 Å². The third kappa shape index (κ3) is 4.44. The van der Waals surface area contributed by atoms with Crippen LogP contribution >= 0.6 is 11.3 Å². The summed E-state index contributed by atoms with van der Waals surface area (Å²) in [6.07, 6.45) is 0.0693. The fourth-order valence-electron chi connectivity index (χ4n) is 2.72. The summed E-state index contributed by atoms with van der Waals surface area (Å²) in [6.45, 7) is 1.05. The fourth-order valence-corrected chi connectivity index (χ4v) is 3.82. The summed E-state index contributed by atoms with van der Waals surface area (Å²) in [4.78, 5) is 27.6. The molecule has 2 aromatic carbocycles. The van der Waals surface area contributed by atoms with E-state index in [1.54, 1.807) is 26.4 Å². The van der Waals surface area contributed by atoms with Gasteiger partial charge >= 0.3 is 0 Å². The van der Waals surface area contributed by atoms with Gasteiger partial charge in [0.05, 0.1) is 35.3 Å². The number of fused-ring (bicyclic) bond motifs is 1. The van der Waals surface area contributed by atoms with Gasteiger partial charge in [-0.25, -0.2) is 0 Å². The van der Waals surface area contributed by atoms with Gasteiger partial charge in [-0.3, -0.25) is 14.9 Å². The highest BCUT2D eigenvalue weighted by Gasteiger charge is 2.11. The van der Waals surface area contributed by atoms with Crippen LogP contribution in [0.3, 0.4) is 0 Å². The highest BCUT2D eigenvalue weighted by Crippen LogP contribution is 2.23. The lowest BCUT2D eigenvalue weighted by atomic mass is 10.1. The lowest BCUT2D eigenvalue weighted by molar-refractivity contribution is -0.384. The fraction of sp³-hybridized carbons (Fsp3) is 0.263. The number of aromatic nitrogens is 1. The molecule has 0 N–H and O–H groups in total. The number of nitro benzene ring substituents is 1. The predicted molar refractivity (Wildman–Crippen MR) is 106 cm³/mol. The molecule has 0 spiro atoms. The van der Waals surface area contributed by atoms with Crippen molar-refractivity contribution in [1.82, 2.24) is 4.57 Å². The number of thiazole rings is 1. The molecule has 8 nitrogen and oxygen atoms in total. The first kappa shape index (κ1) is 19.7. The average Bonchev–Trinajstić information content (AvgIpc) is 3.02. The first-order valence-corrected chi connectivity index (χ1v) is 9.30. The van der Waals surface area contributed by atoms with Crippen molar-refractivity contribution in [3.8, 4) is 5.75 Å². The predicted octanol–water partition coefficient (Wildman–Crippen LogP) is 2.94. The Balaban J connectivity index is 1.92. The minimum absolute atomic E-state index is 0.0102. The number of amides is 1. The Labute approximate surface area is 164 Å². The minimum Gasteiger partial charge on any atom is -0.497 e. The van der Waals surface area contributed by atoms with Crippen LogP contribution in [0.4, 0.5) is 5.69 Å². The molecule has 28 heavy (non-hydrogen) atoms. The van der Waals surface area contributed by atoms with Crippen LogP contribution in [-0.2, 0) is 22.5 Å². The number of non-ortho nitro benzene ring substituents is 1. The molecular weight excluding hydrogens is 382 g/mol. The largest absolute Gasteiger partial charge is 0.497 e. The molecule has 0 aliphatic rings. The van der Waals surface area contributed by atoms with E-state index in [1.165, 1.54) is 23.5 Å². The van der Waals surface area contributed by atoms with Crippen molar-refractivity contribution < 1.29 is 19.2 Å². The Morgan fingerprint density at radius 3 is 2.61 bits per heavy atom. The molecule has 3 rings (SSSR count). The smallest absolute Gasteiger partial charge is 0.269 e. The Kier molecular flexibility index (Phi) is 6.17. The third-order valence-electron chi connectivity index (χ3n) is 4.13. The van der Waals surface area contributed by atoms with Crippen molar-refractivity contribution >= 4 is 33.1 Å². The van der Waals surface area contributed by atoms with Crippen molar-refractivity contribution in [1.29, 1.82) is 0 Å². The number of benzene rings is 2. The Bertz CT molecular complexity index is 1070. The van der Waals surface area contributed by atoms with Crippen LogP contribution in [0.25, 0.3) is 10.2 Å². The van der Waals surface area contributed by atoms with Crippen molar-refractivity contribution in [3.63, 3.8) is 0 Å². The second kappa shape index (κ2) is 8.77. The second-order valence-corrected chi connectivity index (χ2v) is 6.98. The molecule has 0 bridgehead atoms. The summed E-state index contributed by atoms with van der Waals surface area (Å²) < 4.78 is 13.3. The van der Waals surface area contributed by atoms with Crippen LogP contribution in [-0.4, -0.2) is 36.2 Å². The molecule has 1 amide bonds. The molecular formula is C19H19N3O5S. The van der Waals surface area contributed by atoms with E-state index in [1.807, 2.05) is 22.8 Å². The Morgan fingerprint density at radius 1 is 1.21 bits per heavy atom. The number of rotatable bonds is 7. The molecule has 1 heterocycles. The molecule has 3 aromatic rings. The van der Waals surface area contributed by atoms with Crippen LogP contribution in [0.1, 0.15) is 5.56 Å². The van der Waals surface area contributed by atoms with Gasteiger partial charge in [-0.2, -0.15) is 4.99 Å². The summed E-state index contributed by atoms with van der Waals surface area (Å²) in [5.41, 5.74) is 1.61. The number of hydrogen-bond donors (Lipinski definition) is 0. The van der Waals surface area contributed by atoms with Gasteiger partial charge in [0.25, 0.3) is 11.6 Å². The summed E-state index contributed by atoms with van der Waals surface area (Å²) >= 11 is 1.40. The van der Waals surface area contributed by atoms with Crippen molar-refractivity contribution in [2.45, 2.75) is 13.0 Å². The zero-order chi connectivity index (χ0) is 20.1.